The number of hydrogen-bond acceptors (Lipinski definition) is 5. The summed E-state index contributed by atoms with van der Waals surface area (Å²) >= 11 is 0. The lowest BCUT2D eigenvalue weighted by Crippen LogP contribution is -2.19. The Hall–Kier alpha value is -2.63. The van der Waals surface area contributed by atoms with E-state index in [9.17, 15) is 0 Å². The first-order valence-electron chi connectivity index (χ1n) is 12.9. The minimum atomic E-state index is 0.177. The number of allylic oxidation sites excluding steroid dienone is 3. The van der Waals surface area contributed by atoms with Crippen LogP contribution in [0, 0.1) is 16.2 Å². The van der Waals surface area contributed by atoms with Crippen LogP contribution in [0.3, 0.4) is 0 Å². The van der Waals surface area contributed by atoms with E-state index in [1.54, 1.807) is 6.20 Å². The summed E-state index contributed by atoms with van der Waals surface area (Å²) in [5, 5.41) is 7.86. The molecule has 1 aromatic rings. The molecule has 200 valence electrons. The first-order chi connectivity index (χ1) is 16.4. The minimum absolute atomic E-state index is 0.177. The second kappa shape index (κ2) is 13.1. The van der Waals surface area contributed by atoms with Crippen molar-refractivity contribution in [1.82, 2.24) is 9.55 Å². The van der Waals surface area contributed by atoms with Crippen molar-refractivity contribution in [2.24, 2.45) is 36.5 Å². The Balaban J connectivity index is 0.000000240. The molecule has 0 atom stereocenters. The Kier molecular flexibility index (Phi) is 11.4. The Morgan fingerprint density at radius 2 is 1.47 bits per heavy atom. The van der Waals surface area contributed by atoms with Gasteiger partial charge in [-0.1, -0.05) is 68.4 Å². The first kappa shape index (κ1) is 31.4. The highest BCUT2D eigenvalue weighted by molar-refractivity contribution is 5.92. The summed E-state index contributed by atoms with van der Waals surface area (Å²) in [5.41, 5.74) is 4.78. The fourth-order valence-electron chi connectivity index (χ4n) is 3.10. The van der Waals surface area contributed by atoms with Crippen LogP contribution in [0.5, 0.6) is 0 Å². The average molecular weight is 495 g/mol. The Bertz CT molecular complexity index is 934. The SMILES string of the molecule is CC(C)(C)C1=CCN=N1.CC(C)(C)C1=CN=CC1.CC(C)(C)C1=NC=CC1.CC(C)(C)n1ccnc1. The lowest BCUT2D eigenvalue weighted by atomic mass is 9.86. The van der Waals surface area contributed by atoms with Crippen molar-refractivity contribution in [3.8, 4) is 0 Å². The van der Waals surface area contributed by atoms with Crippen molar-refractivity contribution < 1.29 is 0 Å². The average Bonchev–Trinajstić information content (AvgIpc) is 3.57. The standard InChI is InChI=1S/2C8H13N.2C7H12N2/c1-8(2,3)7-4-5-9-6-7;1-8(2,3)7-5-4-6-9-7;1-7(2,3)9-5-4-8-6-9;1-7(2,3)6-4-5-8-9-6/h5-6H,4H2,1-3H3;4,6H,5H2,1-3H3;4-6H,1-3H3;4H,5H2,1-3H3. The third-order valence-electron chi connectivity index (χ3n) is 5.72. The van der Waals surface area contributed by atoms with E-state index < -0.39 is 0 Å². The molecule has 0 aliphatic carbocycles. The van der Waals surface area contributed by atoms with E-state index >= 15 is 0 Å². The highest BCUT2D eigenvalue weighted by atomic mass is 15.1. The Morgan fingerprint density at radius 3 is 1.69 bits per heavy atom. The van der Waals surface area contributed by atoms with Gasteiger partial charge in [-0.15, -0.1) is 0 Å². The molecule has 4 heterocycles. The van der Waals surface area contributed by atoms with Gasteiger partial charge in [0.15, 0.2) is 0 Å². The van der Waals surface area contributed by atoms with Gasteiger partial charge in [-0.3, -0.25) is 9.98 Å². The lowest BCUT2D eigenvalue weighted by Gasteiger charge is -2.19. The summed E-state index contributed by atoms with van der Waals surface area (Å²) in [6.45, 7) is 26.9. The number of nitrogens with zero attached hydrogens (tertiary/aromatic N) is 6. The number of aromatic nitrogens is 2. The lowest BCUT2D eigenvalue weighted by molar-refractivity contribution is 0.396. The zero-order valence-electron chi connectivity index (χ0n) is 24.9. The molecule has 0 N–H and O–H groups in total. The van der Waals surface area contributed by atoms with Gasteiger partial charge in [0.1, 0.15) is 0 Å². The predicted octanol–water partition coefficient (Wildman–Crippen LogP) is 8.80. The van der Waals surface area contributed by atoms with E-state index in [1.807, 2.05) is 31.1 Å². The van der Waals surface area contributed by atoms with Crippen molar-refractivity contribution in [2.75, 3.05) is 6.54 Å². The van der Waals surface area contributed by atoms with Gasteiger partial charge >= 0.3 is 0 Å². The fourth-order valence-corrected chi connectivity index (χ4v) is 3.10. The minimum Gasteiger partial charge on any atom is -0.332 e. The maximum atomic E-state index is 4.24. The molecular weight excluding hydrogens is 444 g/mol. The second-order valence-corrected chi connectivity index (χ2v) is 13.3. The second-order valence-electron chi connectivity index (χ2n) is 13.3. The molecule has 0 unspecified atom stereocenters. The van der Waals surface area contributed by atoms with Gasteiger partial charge in [0.2, 0.25) is 0 Å². The van der Waals surface area contributed by atoms with Gasteiger partial charge in [0.25, 0.3) is 0 Å². The highest BCUT2D eigenvalue weighted by Crippen LogP contribution is 2.29. The van der Waals surface area contributed by atoms with Crippen LogP contribution < -0.4 is 0 Å². The number of azo groups is 1. The molecule has 3 aliphatic rings. The van der Waals surface area contributed by atoms with E-state index in [2.05, 4.69) is 125 Å². The zero-order valence-corrected chi connectivity index (χ0v) is 24.9. The van der Waals surface area contributed by atoms with Crippen molar-refractivity contribution in [3.63, 3.8) is 0 Å². The summed E-state index contributed by atoms with van der Waals surface area (Å²) in [6, 6.07) is 0. The number of hydrogen-bond donors (Lipinski definition) is 0. The smallest absolute Gasteiger partial charge is 0.0950 e. The van der Waals surface area contributed by atoms with Gasteiger partial charge < -0.3 is 4.57 Å². The molecule has 0 spiro atoms. The Labute approximate surface area is 220 Å². The molecule has 0 amide bonds. The molecule has 0 fully saturated rings. The van der Waals surface area contributed by atoms with Crippen LogP contribution in [0.4, 0.5) is 0 Å². The largest absolute Gasteiger partial charge is 0.332 e. The summed E-state index contributed by atoms with van der Waals surface area (Å²) in [7, 11) is 0. The van der Waals surface area contributed by atoms with Crippen molar-refractivity contribution in [1.29, 1.82) is 0 Å². The van der Waals surface area contributed by atoms with Gasteiger partial charge in [-0.2, -0.15) is 10.2 Å². The molecule has 0 aromatic carbocycles. The molecule has 0 saturated carbocycles. The van der Waals surface area contributed by atoms with Gasteiger partial charge in [-0.05, 0) is 37.8 Å². The van der Waals surface area contributed by atoms with Crippen molar-refractivity contribution >= 4 is 11.9 Å². The van der Waals surface area contributed by atoms with E-state index in [0.29, 0.717) is 5.41 Å². The van der Waals surface area contributed by atoms with Crippen LogP contribution in [-0.2, 0) is 5.54 Å². The number of imidazole rings is 1. The molecular formula is C30H50N6. The molecule has 36 heavy (non-hydrogen) atoms. The molecule has 0 saturated heterocycles. The first-order valence-corrected chi connectivity index (χ1v) is 12.9. The molecule has 6 heteroatoms. The zero-order chi connectivity index (χ0) is 27.6. The molecule has 0 bridgehead atoms. The van der Waals surface area contributed by atoms with Gasteiger partial charge in [-0.25, -0.2) is 4.98 Å². The van der Waals surface area contributed by atoms with Crippen LogP contribution in [0.2, 0.25) is 0 Å². The van der Waals surface area contributed by atoms with Crippen LogP contribution in [0.1, 0.15) is 95.9 Å². The normalized spacial score (nSPS) is 16.7. The van der Waals surface area contributed by atoms with Crippen LogP contribution in [0.15, 0.2) is 74.8 Å². The van der Waals surface area contributed by atoms with Gasteiger partial charge in [0, 0.05) is 65.9 Å². The monoisotopic (exact) mass is 494 g/mol. The Morgan fingerprint density at radius 1 is 0.806 bits per heavy atom. The predicted molar refractivity (Wildman–Crippen MR) is 156 cm³/mol. The van der Waals surface area contributed by atoms with E-state index in [-0.39, 0.29) is 16.4 Å². The summed E-state index contributed by atoms with van der Waals surface area (Å²) < 4.78 is 2.08. The topological polar surface area (TPSA) is 67.3 Å². The quantitative estimate of drug-likeness (QED) is 0.355. The van der Waals surface area contributed by atoms with E-state index in [1.165, 1.54) is 11.3 Å². The molecule has 6 nitrogen and oxygen atoms in total. The third kappa shape index (κ3) is 11.9. The van der Waals surface area contributed by atoms with E-state index in [4.69, 9.17) is 0 Å². The summed E-state index contributed by atoms with van der Waals surface area (Å²) in [6.07, 6.45) is 17.7. The van der Waals surface area contributed by atoms with Crippen molar-refractivity contribution in [2.45, 2.75) is 101 Å². The van der Waals surface area contributed by atoms with E-state index in [0.717, 1.165) is 25.1 Å². The fraction of sp³-hybridized carbons (Fsp3) is 0.633. The third-order valence-corrected chi connectivity index (χ3v) is 5.72. The van der Waals surface area contributed by atoms with Crippen LogP contribution in [0.25, 0.3) is 0 Å². The number of rotatable bonds is 0. The van der Waals surface area contributed by atoms with Crippen molar-refractivity contribution in [3.05, 3.63) is 54.5 Å². The molecule has 3 aliphatic heterocycles. The maximum absolute atomic E-state index is 4.24. The van der Waals surface area contributed by atoms with Crippen LogP contribution in [-0.4, -0.2) is 28.0 Å². The highest BCUT2D eigenvalue weighted by Gasteiger charge is 2.19. The molecule has 4 rings (SSSR count). The molecule has 1 aromatic heterocycles. The maximum Gasteiger partial charge on any atom is 0.0950 e. The molecule has 0 radical (unpaired) electrons. The summed E-state index contributed by atoms with van der Waals surface area (Å²) in [4.78, 5) is 12.2. The van der Waals surface area contributed by atoms with Gasteiger partial charge in [0.05, 0.1) is 18.6 Å². The summed E-state index contributed by atoms with van der Waals surface area (Å²) in [5.74, 6) is 0. The number of aliphatic imine (C=N–C) groups is 2. The van der Waals surface area contributed by atoms with Crippen LogP contribution >= 0.6 is 0 Å².